The van der Waals surface area contributed by atoms with Gasteiger partial charge in [0, 0.05) is 0 Å². The van der Waals surface area contributed by atoms with Crippen molar-refractivity contribution in [2.75, 3.05) is 0 Å². The van der Waals surface area contributed by atoms with E-state index in [1.165, 1.54) is 4.90 Å². The molecule has 1 saturated carbocycles. The first-order valence-electron chi connectivity index (χ1n) is 9.16. The van der Waals surface area contributed by atoms with Gasteiger partial charge < -0.3 is 14.6 Å². The van der Waals surface area contributed by atoms with Crippen molar-refractivity contribution in [2.45, 2.75) is 70.4 Å². The van der Waals surface area contributed by atoms with Gasteiger partial charge in [-0.1, -0.05) is 30.3 Å². The molecule has 4 rings (SSSR count). The van der Waals surface area contributed by atoms with Crippen molar-refractivity contribution in [3.63, 3.8) is 0 Å². The molecule has 2 aliphatic heterocycles. The predicted octanol–water partition coefficient (Wildman–Crippen LogP) is 2.88. The molecule has 2 heterocycles. The van der Waals surface area contributed by atoms with Gasteiger partial charge in [0.2, 0.25) is 0 Å². The maximum absolute atomic E-state index is 12.8. The second-order valence-electron chi connectivity index (χ2n) is 8.13. The summed E-state index contributed by atoms with van der Waals surface area (Å²) in [6, 6.07) is 8.34. The predicted molar refractivity (Wildman–Crippen MR) is 95.2 cm³/mol. The molecule has 0 aromatic heterocycles. The zero-order valence-corrected chi connectivity index (χ0v) is 15.6. The van der Waals surface area contributed by atoms with E-state index in [4.69, 9.17) is 9.47 Å². The number of amides is 1. The van der Waals surface area contributed by atoms with E-state index in [0.29, 0.717) is 12.8 Å². The van der Waals surface area contributed by atoms with Crippen LogP contribution in [0.25, 0.3) is 0 Å². The first kappa shape index (κ1) is 18.7. The molecule has 6 heteroatoms. The quantitative estimate of drug-likeness (QED) is 0.838. The fourth-order valence-electron chi connectivity index (χ4n) is 3.89. The number of carbonyl (C=O) groups excluding carboxylic acids is 2. The minimum atomic E-state index is -0.698. The van der Waals surface area contributed by atoms with Crippen LogP contribution in [0.3, 0.4) is 0 Å². The maximum Gasteiger partial charge on any atom is 0.411 e. The molecule has 1 aromatic carbocycles. The van der Waals surface area contributed by atoms with Crippen molar-refractivity contribution in [1.82, 2.24) is 4.90 Å². The van der Waals surface area contributed by atoms with E-state index in [1.54, 1.807) is 20.8 Å². The summed E-state index contributed by atoms with van der Waals surface area (Å²) in [6.45, 7) is 5.52. The fourth-order valence-corrected chi connectivity index (χ4v) is 3.89. The van der Waals surface area contributed by atoms with Gasteiger partial charge in [0.25, 0.3) is 0 Å². The van der Waals surface area contributed by atoms with E-state index >= 15 is 0 Å². The summed E-state index contributed by atoms with van der Waals surface area (Å²) in [5.41, 5.74) is 0.225. The molecule has 6 nitrogen and oxygen atoms in total. The summed E-state index contributed by atoms with van der Waals surface area (Å²) in [5, 5.41) is 10.3. The molecule has 1 unspecified atom stereocenters. The number of rotatable bonds is 3. The average molecular weight is 361 g/mol. The van der Waals surface area contributed by atoms with Crippen LogP contribution in [0.4, 0.5) is 4.79 Å². The highest BCUT2D eigenvalue weighted by Gasteiger charge is 2.53. The molecule has 142 valence electrons. The summed E-state index contributed by atoms with van der Waals surface area (Å²) >= 11 is 0. The summed E-state index contributed by atoms with van der Waals surface area (Å²) in [5.74, 6) is -0.535. The Bertz CT molecular complexity index is 654. The maximum atomic E-state index is 12.8. The molecule has 2 saturated heterocycles. The van der Waals surface area contributed by atoms with Gasteiger partial charge in [-0.05, 0) is 51.5 Å². The van der Waals surface area contributed by atoms with Crippen molar-refractivity contribution >= 4 is 12.1 Å². The second-order valence-corrected chi connectivity index (χ2v) is 8.13. The number of hydrogen-bond acceptors (Lipinski definition) is 5. The van der Waals surface area contributed by atoms with Crippen LogP contribution in [0.15, 0.2) is 30.3 Å². The largest absolute Gasteiger partial charge is 0.459 e. The highest BCUT2D eigenvalue weighted by molar-refractivity contribution is 5.83. The van der Waals surface area contributed by atoms with E-state index in [9.17, 15) is 14.7 Å². The van der Waals surface area contributed by atoms with Crippen LogP contribution in [0, 0.1) is 5.92 Å². The van der Waals surface area contributed by atoms with E-state index in [2.05, 4.69) is 0 Å². The van der Waals surface area contributed by atoms with Crippen LogP contribution >= 0.6 is 0 Å². The fraction of sp³-hybridized carbons (Fsp3) is 0.600. The van der Waals surface area contributed by atoms with Gasteiger partial charge in [-0.2, -0.15) is 0 Å². The highest BCUT2D eigenvalue weighted by Crippen LogP contribution is 2.41. The highest BCUT2D eigenvalue weighted by atomic mass is 16.6. The number of nitrogens with zero attached hydrogens (tertiary/aromatic N) is 1. The van der Waals surface area contributed by atoms with E-state index in [0.717, 1.165) is 12.0 Å². The van der Waals surface area contributed by atoms with Crippen LogP contribution in [0.5, 0.6) is 0 Å². The van der Waals surface area contributed by atoms with Crippen LogP contribution in [-0.4, -0.2) is 45.9 Å². The molecular weight excluding hydrogens is 334 g/mol. The molecule has 1 aromatic rings. The third-order valence-corrected chi connectivity index (χ3v) is 4.99. The van der Waals surface area contributed by atoms with Crippen LogP contribution < -0.4 is 0 Å². The normalized spacial score (nSPS) is 27.9. The summed E-state index contributed by atoms with van der Waals surface area (Å²) in [7, 11) is 0. The van der Waals surface area contributed by atoms with E-state index in [-0.39, 0.29) is 12.5 Å². The standard InChI is InChI=1S/C20H27NO5/c1-20(2,3)26-19(24)21-15-10-9-14(11-16(15)22)17(21)18(23)25-12-13-7-5-4-6-8-13/h4-8,14-17,22H,9-12H2,1-3H3/t14-,15?,16+,17+/m1/s1. The summed E-state index contributed by atoms with van der Waals surface area (Å²) in [4.78, 5) is 26.9. The molecule has 1 aliphatic carbocycles. The Morgan fingerprint density at radius 2 is 1.88 bits per heavy atom. The van der Waals surface area contributed by atoms with Gasteiger partial charge in [0.15, 0.2) is 0 Å². The number of benzene rings is 1. The zero-order valence-electron chi connectivity index (χ0n) is 15.6. The van der Waals surface area contributed by atoms with Crippen molar-refractivity contribution in [2.24, 2.45) is 5.92 Å². The Morgan fingerprint density at radius 3 is 2.50 bits per heavy atom. The Labute approximate surface area is 154 Å². The lowest BCUT2D eigenvalue weighted by Crippen LogP contribution is -2.66. The number of ether oxygens (including phenoxy) is 2. The number of fused-ring (bicyclic) bond motifs is 3. The lowest BCUT2D eigenvalue weighted by Gasteiger charge is -2.51. The topological polar surface area (TPSA) is 76.1 Å². The molecule has 3 fully saturated rings. The summed E-state index contributed by atoms with van der Waals surface area (Å²) < 4.78 is 11.0. The van der Waals surface area contributed by atoms with Gasteiger partial charge in [0.05, 0.1) is 12.1 Å². The third-order valence-electron chi connectivity index (χ3n) is 4.99. The zero-order chi connectivity index (χ0) is 18.9. The van der Waals surface area contributed by atoms with E-state index < -0.39 is 35.9 Å². The summed E-state index contributed by atoms with van der Waals surface area (Å²) in [6.07, 6.45) is 0.793. The van der Waals surface area contributed by atoms with Gasteiger partial charge in [-0.25, -0.2) is 9.59 Å². The average Bonchev–Trinajstić information content (AvgIpc) is 2.58. The number of hydrogen-bond donors (Lipinski definition) is 1. The SMILES string of the molecule is CC(C)(C)OC(=O)N1C2CC[C@H](C[C@@H]2O)[C@H]1C(=O)OCc1ccccc1. The van der Waals surface area contributed by atoms with Crippen molar-refractivity contribution in [3.05, 3.63) is 35.9 Å². The molecule has 0 radical (unpaired) electrons. The van der Waals surface area contributed by atoms with Crippen LogP contribution in [0.2, 0.25) is 0 Å². The Balaban J connectivity index is 1.75. The monoisotopic (exact) mass is 361 g/mol. The number of aliphatic hydroxyl groups excluding tert-OH is 1. The number of aliphatic hydroxyl groups is 1. The number of piperidine rings is 2. The van der Waals surface area contributed by atoms with Crippen molar-refractivity contribution < 1.29 is 24.2 Å². The molecule has 3 aliphatic rings. The van der Waals surface area contributed by atoms with Crippen LogP contribution in [0.1, 0.15) is 45.6 Å². The van der Waals surface area contributed by atoms with Crippen molar-refractivity contribution in [1.29, 1.82) is 0 Å². The minimum Gasteiger partial charge on any atom is -0.459 e. The van der Waals surface area contributed by atoms with Gasteiger partial charge in [0.1, 0.15) is 18.2 Å². The molecule has 1 N–H and O–H groups in total. The molecule has 26 heavy (non-hydrogen) atoms. The number of esters is 1. The molecule has 4 atom stereocenters. The smallest absolute Gasteiger partial charge is 0.411 e. The lowest BCUT2D eigenvalue weighted by atomic mass is 9.73. The Hall–Kier alpha value is -2.08. The molecule has 1 amide bonds. The second kappa shape index (κ2) is 7.27. The van der Waals surface area contributed by atoms with Gasteiger partial charge in [-0.3, -0.25) is 4.90 Å². The van der Waals surface area contributed by atoms with E-state index in [1.807, 2.05) is 30.3 Å². The Morgan fingerprint density at radius 1 is 1.19 bits per heavy atom. The van der Waals surface area contributed by atoms with Gasteiger partial charge >= 0.3 is 12.1 Å². The lowest BCUT2D eigenvalue weighted by molar-refractivity contribution is -0.166. The first-order chi connectivity index (χ1) is 12.3. The Kier molecular flexibility index (Phi) is 5.23. The van der Waals surface area contributed by atoms with Crippen molar-refractivity contribution in [3.8, 4) is 0 Å². The molecular formula is C20H27NO5. The van der Waals surface area contributed by atoms with Gasteiger partial charge in [-0.15, -0.1) is 0 Å². The molecule has 2 bridgehead atoms. The van der Waals surface area contributed by atoms with Crippen LogP contribution in [-0.2, 0) is 20.9 Å². The molecule has 0 spiro atoms. The minimum absolute atomic E-state index is 0.106. The number of carbonyl (C=O) groups is 2. The first-order valence-corrected chi connectivity index (χ1v) is 9.16. The third kappa shape index (κ3) is 4.01.